The van der Waals surface area contributed by atoms with Crippen LogP contribution in [-0.4, -0.2) is 52.9 Å². The second kappa shape index (κ2) is 7.25. The van der Waals surface area contributed by atoms with Crippen molar-refractivity contribution in [2.45, 2.75) is 51.1 Å². The van der Waals surface area contributed by atoms with Gasteiger partial charge in [-0.15, -0.1) is 0 Å². The molecule has 6 heteroatoms. The van der Waals surface area contributed by atoms with Crippen molar-refractivity contribution in [2.75, 3.05) is 20.1 Å². The molecule has 4 rings (SSSR count). The summed E-state index contributed by atoms with van der Waals surface area (Å²) in [5, 5.41) is 4.21. The second-order valence-corrected chi connectivity index (χ2v) is 7.95. The Hall–Kier alpha value is -2.50. The van der Waals surface area contributed by atoms with E-state index in [1.54, 1.807) is 11.8 Å². The van der Waals surface area contributed by atoms with Crippen LogP contribution in [0.15, 0.2) is 24.3 Å². The first kappa shape index (κ1) is 17.9. The Morgan fingerprint density at radius 1 is 1.26 bits per heavy atom. The van der Waals surface area contributed by atoms with E-state index in [1.807, 2.05) is 11.9 Å². The Morgan fingerprint density at radius 2 is 2.07 bits per heavy atom. The molecule has 1 saturated heterocycles. The van der Waals surface area contributed by atoms with Crippen LogP contribution in [0, 0.1) is 0 Å². The van der Waals surface area contributed by atoms with Crippen molar-refractivity contribution in [3.8, 4) is 0 Å². The molecule has 0 unspecified atom stereocenters. The van der Waals surface area contributed by atoms with Crippen LogP contribution in [0.2, 0.25) is 0 Å². The molecule has 1 aromatic heterocycles. The van der Waals surface area contributed by atoms with Gasteiger partial charge in [0, 0.05) is 38.3 Å². The lowest BCUT2D eigenvalue weighted by atomic mass is 10.0. The van der Waals surface area contributed by atoms with Crippen molar-refractivity contribution >= 4 is 22.8 Å². The number of nitrogens with zero attached hydrogens (tertiary/aromatic N) is 2. The fourth-order valence-electron chi connectivity index (χ4n) is 4.00. The largest absolute Gasteiger partial charge is 0.357 e. The number of urea groups is 1. The quantitative estimate of drug-likeness (QED) is 0.870. The van der Waals surface area contributed by atoms with Crippen molar-refractivity contribution < 1.29 is 9.59 Å². The second-order valence-electron chi connectivity index (χ2n) is 7.95. The molecule has 1 aliphatic heterocycles. The maximum atomic E-state index is 12.6. The highest BCUT2D eigenvalue weighted by atomic mass is 16.2. The van der Waals surface area contributed by atoms with Gasteiger partial charge in [0.25, 0.3) is 0 Å². The van der Waals surface area contributed by atoms with Crippen LogP contribution >= 0.6 is 0 Å². The summed E-state index contributed by atoms with van der Waals surface area (Å²) in [6.07, 6.45) is 4.47. The maximum Gasteiger partial charge on any atom is 0.317 e. The van der Waals surface area contributed by atoms with E-state index in [4.69, 9.17) is 0 Å². The van der Waals surface area contributed by atoms with Gasteiger partial charge < -0.3 is 20.1 Å². The van der Waals surface area contributed by atoms with Crippen LogP contribution in [0.25, 0.3) is 10.9 Å². The van der Waals surface area contributed by atoms with Crippen molar-refractivity contribution in [3.63, 3.8) is 0 Å². The molecule has 3 amide bonds. The number of carbonyl (C=O) groups excluding carboxylic acids is 2. The zero-order chi connectivity index (χ0) is 19.0. The number of nitrogens with one attached hydrogen (secondary N) is 2. The Balaban J connectivity index is 1.35. The molecule has 2 aromatic rings. The van der Waals surface area contributed by atoms with Crippen LogP contribution < -0.4 is 5.32 Å². The molecular weight excluding hydrogens is 340 g/mol. The zero-order valence-corrected chi connectivity index (χ0v) is 16.1. The third-order valence-corrected chi connectivity index (χ3v) is 5.89. The van der Waals surface area contributed by atoms with Gasteiger partial charge in [-0.2, -0.15) is 0 Å². The van der Waals surface area contributed by atoms with Crippen LogP contribution in [0.5, 0.6) is 0 Å². The Morgan fingerprint density at radius 3 is 2.81 bits per heavy atom. The number of likely N-dealkylation sites (N-methyl/N-ethyl adjacent to an activating group) is 1. The normalized spacial score (nSPS) is 19.9. The van der Waals surface area contributed by atoms with E-state index in [-0.39, 0.29) is 18.0 Å². The molecule has 2 aliphatic rings. The number of amides is 3. The molecule has 1 aliphatic carbocycles. The lowest BCUT2D eigenvalue weighted by Gasteiger charge is -2.37. The summed E-state index contributed by atoms with van der Waals surface area (Å²) in [5.41, 5.74) is 3.54. The highest BCUT2D eigenvalue weighted by Gasteiger charge is 2.27. The van der Waals surface area contributed by atoms with E-state index in [0.29, 0.717) is 13.1 Å². The van der Waals surface area contributed by atoms with Gasteiger partial charge in [0.05, 0.1) is 12.6 Å². The van der Waals surface area contributed by atoms with Gasteiger partial charge in [-0.05, 0) is 60.7 Å². The number of carbonyl (C=O) groups is 2. The number of hydrogen-bond acceptors (Lipinski definition) is 2. The molecule has 144 valence electrons. The third-order valence-electron chi connectivity index (χ3n) is 5.89. The molecule has 2 N–H and O–H groups in total. The number of piperidine rings is 1. The van der Waals surface area contributed by atoms with Gasteiger partial charge in [-0.1, -0.05) is 6.07 Å². The smallest absolute Gasteiger partial charge is 0.317 e. The zero-order valence-electron chi connectivity index (χ0n) is 16.1. The standard InChI is InChI=1S/C21H28N4O2/c1-14(26)25-9-3-4-19(13-25)24(2)21(27)22-12-18-11-17-10-16(15-5-6-15)7-8-20(17)23-18/h7-8,10-11,15,19,23H,3-6,9,12-13H2,1-2H3,(H,22,27)/t19-/m1/s1. The van der Waals surface area contributed by atoms with Gasteiger partial charge >= 0.3 is 6.03 Å². The van der Waals surface area contributed by atoms with Gasteiger partial charge in [0.2, 0.25) is 5.91 Å². The van der Waals surface area contributed by atoms with E-state index in [2.05, 4.69) is 34.6 Å². The molecule has 0 spiro atoms. The summed E-state index contributed by atoms with van der Waals surface area (Å²) >= 11 is 0. The SMILES string of the molecule is CC(=O)N1CCC[C@@H](N(C)C(=O)NCc2cc3cc(C4CC4)ccc3[nH]2)C1. The molecule has 6 nitrogen and oxygen atoms in total. The molecule has 1 aromatic carbocycles. The Bertz CT molecular complexity index is 855. The van der Waals surface area contributed by atoms with Crippen molar-refractivity contribution in [1.29, 1.82) is 0 Å². The predicted molar refractivity (Wildman–Crippen MR) is 106 cm³/mol. The number of rotatable bonds is 4. The maximum absolute atomic E-state index is 12.6. The first-order valence-corrected chi connectivity index (χ1v) is 9.89. The summed E-state index contributed by atoms with van der Waals surface area (Å²) in [6, 6.07) is 8.71. The monoisotopic (exact) mass is 368 g/mol. The van der Waals surface area contributed by atoms with Gasteiger partial charge in [-0.25, -0.2) is 4.79 Å². The summed E-state index contributed by atoms with van der Waals surface area (Å²) in [4.78, 5) is 31.1. The fraction of sp³-hybridized carbons (Fsp3) is 0.524. The first-order chi connectivity index (χ1) is 13.0. The average molecular weight is 368 g/mol. The van der Waals surface area contributed by atoms with Crippen molar-refractivity contribution in [3.05, 3.63) is 35.5 Å². The number of aromatic nitrogens is 1. The van der Waals surface area contributed by atoms with Gasteiger partial charge in [-0.3, -0.25) is 4.79 Å². The van der Waals surface area contributed by atoms with Gasteiger partial charge in [0.1, 0.15) is 0 Å². The van der Waals surface area contributed by atoms with Crippen LogP contribution in [-0.2, 0) is 11.3 Å². The minimum absolute atomic E-state index is 0.0754. The van der Waals surface area contributed by atoms with E-state index in [9.17, 15) is 9.59 Å². The molecule has 1 atom stereocenters. The third kappa shape index (κ3) is 3.94. The highest BCUT2D eigenvalue weighted by Crippen LogP contribution is 2.40. The Labute approximate surface area is 159 Å². The van der Waals surface area contributed by atoms with E-state index >= 15 is 0 Å². The molecule has 2 fully saturated rings. The number of H-pyrrole nitrogens is 1. The summed E-state index contributed by atoms with van der Waals surface area (Å²) in [5.74, 6) is 0.823. The van der Waals surface area contributed by atoms with Crippen molar-refractivity contribution in [1.82, 2.24) is 20.1 Å². The molecular formula is C21H28N4O2. The minimum Gasteiger partial charge on any atom is -0.357 e. The highest BCUT2D eigenvalue weighted by molar-refractivity contribution is 5.82. The average Bonchev–Trinajstić information content (AvgIpc) is 3.44. The number of hydrogen-bond donors (Lipinski definition) is 2. The first-order valence-electron chi connectivity index (χ1n) is 9.89. The molecule has 0 radical (unpaired) electrons. The van der Waals surface area contributed by atoms with Gasteiger partial charge in [0.15, 0.2) is 0 Å². The number of benzene rings is 1. The van der Waals surface area contributed by atoms with E-state index < -0.39 is 0 Å². The minimum atomic E-state index is -0.0947. The predicted octanol–water partition coefficient (Wildman–Crippen LogP) is 3.20. The van der Waals surface area contributed by atoms with Crippen LogP contribution in [0.4, 0.5) is 4.79 Å². The fourth-order valence-corrected chi connectivity index (χ4v) is 4.00. The number of aromatic amines is 1. The Kier molecular flexibility index (Phi) is 4.81. The van der Waals surface area contributed by atoms with Crippen LogP contribution in [0.3, 0.4) is 0 Å². The molecule has 27 heavy (non-hydrogen) atoms. The lowest BCUT2D eigenvalue weighted by molar-refractivity contribution is -0.130. The summed E-state index contributed by atoms with van der Waals surface area (Å²) in [6.45, 7) is 3.47. The van der Waals surface area contributed by atoms with Crippen molar-refractivity contribution in [2.24, 2.45) is 0 Å². The van der Waals surface area contributed by atoms with E-state index in [0.717, 1.165) is 36.5 Å². The lowest BCUT2D eigenvalue weighted by Crippen LogP contribution is -2.52. The summed E-state index contributed by atoms with van der Waals surface area (Å²) < 4.78 is 0. The molecule has 2 heterocycles. The number of fused-ring (bicyclic) bond motifs is 1. The van der Waals surface area contributed by atoms with Crippen LogP contribution in [0.1, 0.15) is 49.8 Å². The topological polar surface area (TPSA) is 68.4 Å². The molecule has 1 saturated carbocycles. The number of likely N-dealkylation sites (tertiary alicyclic amines) is 1. The summed E-state index contributed by atoms with van der Waals surface area (Å²) in [7, 11) is 1.82. The van der Waals surface area contributed by atoms with E-state index in [1.165, 1.54) is 23.8 Å². The molecule has 0 bridgehead atoms.